The molecule has 0 aromatic carbocycles. The summed E-state index contributed by atoms with van der Waals surface area (Å²) in [6.07, 6.45) is 1.15. The van der Waals surface area contributed by atoms with Gasteiger partial charge in [-0.1, -0.05) is 6.07 Å². The first kappa shape index (κ1) is 12.2. The van der Waals surface area contributed by atoms with Gasteiger partial charge in [0.25, 0.3) is 5.91 Å². The molecule has 15 heavy (non-hydrogen) atoms. The summed E-state index contributed by atoms with van der Waals surface area (Å²) < 4.78 is 21.9. The molecule has 1 rings (SSSR count). The van der Waals surface area contributed by atoms with Crippen molar-refractivity contribution >= 4 is 27.1 Å². The average molecular weight is 247 g/mol. The number of rotatable bonds is 4. The van der Waals surface area contributed by atoms with Crippen LogP contribution >= 0.6 is 11.3 Å². The third-order valence-electron chi connectivity index (χ3n) is 1.68. The van der Waals surface area contributed by atoms with Crippen molar-refractivity contribution in [2.75, 3.05) is 12.0 Å². The number of amides is 1. The van der Waals surface area contributed by atoms with Crippen LogP contribution in [0.1, 0.15) is 16.6 Å². The normalized spacial score (nSPS) is 13.5. The van der Waals surface area contributed by atoms with Gasteiger partial charge in [-0.05, 0) is 18.4 Å². The molecule has 1 N–H and O–H groups in total. The number of sulfone groups is 1. The monoisotopic (exact) mass is 247 g/mol. The van der Waals surface area contributed by atoms with Gasteiger partial charge in [0.15, 0.2) is 0 Å². The lowest BCUT2D eigenvalue weighted by Gasteiger charge is -2.11. The molecule has 1 atom stereocenters. The van der Waals surface area contributed by atoms with Crippen LogP contribution in [0.15, 0.2) is 17.5 Å². The number of carbonyl (C=O) groups excluding carboxylic acids is 1. The van der Waals surface area contributed by atoms with E-state index in [1.165, 1.54) is 11.3 Å². The molecule has 84 valence electrons. The zero-order chi connectivity index (χ0) is 11.5. The minimum absolute atomic E-state index is 0.0376. The first-order chi connectivity index (χ1) is 6.88. The van der Waals surface area contributed by atoms with E-state index in [1.54, 1.807) is 24.4 Å². The Morgan fingerprint density at radius 1 is 1.60 bits per heavy atom. The van der Waals surface area contributed by atoms with Crippen LogP contribution in [0.3, 0.4) is 0 Å². The van der Waals surface area contributed by atoms with Crippen LogP contribution in [0, 0.1) is 0 Å². The van der Waals surface area contributed by atoms with E-state index in [0.717, 1.165) is 6.26 Å². The SMILES string of the molecule is CC(CS(C)(=O)=O)NC(=O)c1cccs1. The topological polar surface area (TPSA) is 63.2 Å². The summed E-state index contributed by atoms with van der Waals surface area (Å²) in [4.78, 5) is 12.1. The minimum atomic E-state index is -3.05. The van der Waals surface area contributed by atoms with E-state index in [1.807, 2.05) is 0 Å². The predicted octanol–water partition coefficient (Wildman–Crippen LogP) is 0.911. The maximum atomic E-state index is 11.5. The lowest BCUT2D eigenvalue weighted by molar-refractivity contribution is 0.0948. The molecule has 0 aliphatic rings. The molecule has 0 bridgehead atoms. The fourth-order valence-electron chi connectivity index (χ4n) is 1.20. The van der Waals surface area contributed by atoms with Crippen molar-refractivity contribution in [1.29, 1.82) is 0 Å². The van der Waals surface area contributed by atoms with Crippen molar-refractivity contribution in [3.05, 3.63) is 22.4 Å². The molecule has 1 aromatic rings. The van der Waals surface area contributed by atoms with Crippen molar-refractivity contribution in [3.63, 3.8) is 0 Å². The summed E-state index contributed by atoms with van der Waals surface area (Å²) in [5.74, 6) is -0.259. The van der Waals surface area contributed by atoms with Gasteiger partial charge in [0, 0.05) is 12.3 Å². The Kier molecular flexibility index (Phi) is 3.87. The quantitative estimate of drug-likeness (QED) is 0.860. The zero-order valence-corrected chi connectivity index (χ0v) is 10.2. The lowest BCUT2D eigenvalue weighted by Crippen LogP contribution is -2.36. The number of hydrogen-bond acceptors (Lipinski definition) is 4. The molecule has 1 heterocycles. The van der Waals surface area contributed by atoms with Gasteiger partial charge in [0.1, 0.15) is 9.84 Å². The number of thiophene rings is 1. The highest BCUT2D eigenvalue weighted by atomic mass is 32.2. The van der Waals surface area contributed by atoms with E-state index in [9.17, 15) is 13.2 Å². The van der Waals surface area contributed by atoms with E-state index in [-0.39, 0.29) is 17.7 Å². The molecule has 0 saturated heterocycles. The highest BCUT2D eigenvalue weighted by Crippen LogP contribution is 2.08. The van der Waals surface area contributed by atoms with Crippen molar-refractivity contribution in [2.45, 2.75) is 13.0 Å². The van der Waals surface area contributed by atoms with Gasteiger partial charge in [0.05, 0.1) is 10.6 Å². The summed E-state index contributed by atoms with van der Waals surface area (Å²) in [7, 11) is -3.05. The van der Waals surface area contributed by atoms with Crippen LogP contribution in [-0.4, -0.2) is 32.4 Å². The van der Waals surface area contributed by atoms with Gasteiger partial charge in [-0.2, -0.15) is 0 Å². The van der Waals surface area contributed by atoms with E-state index in [2.05, 4.69) is 5.32 Å². The number of carbonyl (C=O) groups is 1. The second-order valence-corrected chi connectivity index (χ2v) is 6.58. The Morgan fingerprint density at radius 3 is 2.73 bits per heavy atom. The molecule has 0 radical (unpaired) electrons. The summed E-state index contributed by atoms with van der Waals surface area (Å²) in [6, 6.07) is 3.11. The minimum Gasteiger partial charge on any atom is -0.348 e. The third-order valence-corrected chi connectivity index (χ3v) is 3.65. The number of hydrogen-bond donors (Lipinski definition) is 1. The first-order valence-corrected chi connectivity index (χ1v) is 7.34. The van der Waals surface area contributed by atoms with Crippen molar-refractivity contribution in [3.8, 4) is 0 Å². The summed E-state index contributed by atoms with van der Waals surface area (Å²) in [5, 5.41) is 4.43. The van der Waals surface area contributed by atoms with E-state index < -0.39 is 9.84 Å². The Morgan fingerprint density at radius 2 is 2.27 bits per heavy atom. The van der Waals surface area contributed by atoms with Gasteiger partial charge in [0.2, 0.25) is 0 Å². The van der Waals surface area contributed by atoms with Crippen molar-refractivity contribution in [1.82, 2.24) is 5.32 Å². The maximum absolute atomic E-state index is 11.5. The maximum Gasteiger partial charge on any atom is 0.261 e. The van der Waals surface area contributed by atoms with Crippen LogP contribution in [-0.2, 0) is 9.84 Å². The molecular formula is C9H13NO3S2. The Bertz CT molecular complexity index is 422. The molecule has 1 amide bonds. The highest BCUT2D eigenvalue weighted by molar-refractivity contribution is 7.90. The van der Waals surface area contributed by atoms with Crippen LogP contribution in [0.5, 0.6) is 0 Å². The molecule has 0 saturated carbocycles. The predicted molar refractivity (Wildman–Crippen MR) is 61.0 cm³/mol. The molecule has 1 aromatic heterocycles. The number of nitrogens with one attached hydrogen (secondary N) is 1. The molecule has 6 heteroatoms. The average Bonchev–Trinajstić information content (AvgIpc) is 2.50. The van der Waals surface area contributed by atoms with E-state index >= 15 is 0 Å². The third kappa shape index (κ3) is 4.44. The fraction of sp³-hybridized carbons (Fsp3) is 0.444. The van der Waals surface area contributed by atoms with Gasteiger partial charge in [-0.15, -0.1) is 11.3 Å². The Labute approximate surface area is 93.2 Å². The second-order valence-electron chi connectivity index (χ2n) is 3.44. The summed E-state index contributed by atoms with van der Waals surface area (Å²) in [5.41, 5.74) is 0. The van der Waals surface area contributed by atoms with Gasteiger partial charge in [-0.25, -0.2) is 8.42 Å². The lowest BCUT2D eigenvalue weighted by atomic mass is 10.3. The zero-order valence-electron chi connectivity index (χ0n) is 8.56. The van der Waals surface area contributed by atoms with Crippen LogP contribution < -0.4 is 5.32 Å². The highest BCUT2D eigenvalue weighted by Gasteiger charge is 2.14. The van der Waals surface area contributed by atoms with Gasteiger partial charge in [-0.3, -0.25) is 4.79 Å². The molecule has 0 spiro atoms. The largest absolute Gasteiger partial charge is 0.348 e. The smallest absolute Gasteiger partial charge is 0.261 e. The molecule has 1 unspecified atom stereocenters. The second kappa shape index (κ2) is 4.76. The standard InChI is InChI=1S/C9H13NO3S2/c1-7(6-15(2,12)13)10-9(11)8-4-3-5-14-8/h3-5,7H,6H2,1-2H3,(H,10,11). The van der Waals surface area contributed by atoms with Gasteiger partial charge < -0.3 is 5.32 Å². The molecule has 0 aliphatic heterocycles. The first-order valence-electron chi connectivity index (χ1n) is 4.40. The van der Waals surface area contributed by atoms with Gasteiger partial charge >= 0.3 is 0 Å². The Hall–Kier alpha value is -0.880. The van der Waals surface area contributed by atoms with Crippen LogP contribution in [0.25, 0.3) is 0 Å². The molecule has 0 aliphatic carbocycles. The molecule has 4 nitrogen and oxygen atoms in total. The molecular weight excluding hydrogens is 234 g/mol. The summed E-state index contributed by atoms with van der Waals surface area (Å²) >= 11 is 1.33. The van der Waals surface area contributed by atoms with Crippen molar-refractivity contribution in [2.24, 2.45) is 0 Å². The van der Waals surface area contributed by atoms with Crippen molar-refractivity contribution < 1.29 is 13.2 Å². The van der Waals surface area contributed by atoms with Crippen LogP contribution in [0.2, 0.25) is 0 Å². The van der Waals surface area contributed by atoms with Crippen LogP contribution in [0.4, 0.5) is 0 Å². The van der Waals surface area contributed by atoms with E-state index in [0.29, 0.717) is 4.88 Å². The summed E-state index contributed by atoms with van der Waals surface area (Å²) in [6.45, 7) is 1.67. The van der Waals surface area contributed by atoms with E-state index in [4.69, 9.17) is 0 Å². The Balaban J connectivity index is 2.53. The molecule has 0 fully saturated rings. The fourth-order valence-corrected chi connectivity index (χ4v) is 2.82.